The van der Waals surface area contributed by atoms with Crippen molar-refractivity contribution in [3.63, 3.8) is 0 Å². The molecule has 12 heteroatoms. The predicted octanol–water partition coefficient (Wildman–Crippen LogP) is 2.36. The fourth-order valence-electron chi connectivity index (χ4n) is 3.10. The first-order chi connectivity index (χ1) is 14.2. The van der Waals surface area contributed by atoms with Gasteiger partial charge in [-0.2, -0.15) is 13.2 Å². The van der Waals surface area contributed by atoms with Gasteiger partial charge in [-0.3, -0.25) is 23.5 Å². The van der Waals surface area contributed by atoms with Gasteiger partial charge in [-0.25, -0.2) is 4.68 Å². The minimum absolute atomic E-state index is 0.0797. The summed E-state index contributed by atoms with van der Waals surface area (Å²) in [6.07, 6.45) is -3.04. The Morgan fingerprint density at radius 3 is 2.70 bits per heavy atom. The van der Waals surface area contributed by atoms with Crippen LogP contribution in [0.2, 0.25) is 0 Å². The molecule has 0 unspecified atom stereocenters. The Hall–Kier alpha value is -2.99. The second kappa shape index (κ2) is 8.40. The van der Waals surface area contributed by atoms with E-state index in [1.54, 1.807) is 24.3 Å². The van der Waals surface area contributed by atoms with Crippen molar-refractivity contribution in [1.82, 2.24) is 23.6 Å². The summed E-state index contributed by atoms with van der Waals surface area (Å²) < 4.78 is 47.5. The lowest BCUT2D eigenvalue weighted by atomic mass is 10.2. The van der Waals surface area contributed by atoms with Crippen LogP contribution in [0.4, 0.5) is 13.2 Å². The van der Waals surface area contributed by atoms with Crippen molar-refractivity contribution in [2.45, 2.75) is 19.4 Å². The molecule has 2 heterocycles. The Labute approximate surface area is 173 Å². The van der Waals surface area contributed by atoms with E-state index in [2.05, 4.69) is 16.4 Å². The molecule has 0 N–H and O–H groups in total. The number of benzene rings is 1. The first-order valence-corrected chi connectivity index (χ1v) is 9.15. The summed E-state index contributed by atoms with van der Waals surface area (Å²) in [5, 5.41) is 4.65. The summed E-state index contributed by atoms with van der Waals surface area (Å²) in [5.74, 6) is -0.669. The third kappa shape index (κ3) is 4.28. The summed E-state index contributed by atoms with van der Waals surface area (Å²) in [4.78, 5) is 25.2. The van der Waals surface area contributed by atoms with Crippen LogP contribution in [0.15, 0.2) is 41.7 Å². The van der Waals surface area contributed by atoms with Gasteiger partial charge in [-0.1, -0.05) is 18.2 Å². The lowest BCUT2D eigenvalue weighted by molar-refractivity contribution is -0.158. The first-order valence-electron chi connectivity index (χ1n) is 8.74. The summed E-state index contributed by atoms with van der Waals surface area (Å²) in [7, 11) is 1.09. The zero-order valence-electron chi connectivity index (χ0n) is 15.9. The molecule has 0 aliphatic rings. The van der Waals surface area contributed by atoms with E-state index in [1.165, 1.54) is 15.0 Å². The lowest BCUT2D eigenvalue weighted by Gasteiger charge is -2.21. The zero-order chi connectivity index (χ0) is 22.1. The molecule has 0 saturated heterocycles. The van der Waals surface area contributed by atoms with Gasteiger partial charge in [0.25, 0.3) is 5.56 Å². The molecule has 3 aromatic rings. The van der Waals surface area contributed by atoms with Crippen molar-refractivity contribution in [3.8, 4) is 0 Å². The van der Waals surface area contributed by atoms with Gasteiger partial charge in [0.05, 0.1) is 37.8 Å². The number of methoxy groups -OCH3 is 1. The number of allylic oxidation sites excluding steroid dienone is 1. The molecule has 160 valence electrons. The molecule has 0 spiro atoms. The molecule has 0 aliphatic carbocycles. The normalized spacial score (nSPS) is 12.0. The van der Waals surface area contributed by atoms with Crippen LogP contribution >= 0.6 is 12.2 Å². The van der Waals surface area contributed by atoms with E-state index in [-0.39, 0.29) is 22.7 Å². The van der Waals surface area contributed by atoms with E-state index >= 15 is 0 Å². The standard InChI is InChI=1S/C18H18F3N5O3S/c1-3-8-24-15(28)12-6-4-5-7-13(12)26-16(24)22-25(17(26)30)11-23(9-14(27)29-2)10-18(19,20)21/h3-7H,1,8-11H2,2H3. The molecule has 3 rings (SSSR count). The van der Waals surface area contributed by atoms with Gasteiger partial charge in [-0.15, -0.1) is 11.7 Å². The molecule has 8 nitrogen and oxygen atoms in total. The van der Waals surface area contributed by atoms with Crippen LogP contribution in [0.25, 0.3) is 16.7 Å². The molecule has 0 saturated carbocycles. The Morgan fingerprint density at radius 2 is 2.07 bits per heavy atom. The highest BCUT2D eigenvalue weighted by atomic mass is 32.1. The van der Waals surface area contributed by atoms with Crippen molar-refractivity contribution in [2.75, 3.05) is 20.2 Å². The van der Waals surface area contributed by atoms with E-state index in [0.29, 0.717) is 10.9 Å². The SMILES string of the molecule is C=CCn1c(=O)c2ccccc2n2c(=S)n(CN(CC(=O)OC)CC(F)(F)F)nc12. The van der Waals surface area contributed by atoms with Crippen LogP contribution in [-0.4, -0.2) is 56.0 Å². The van der Waals surface area contributed by atoms with E-state index in [1.807, 2.05) is 0 Å². The van der Waals surface area contributed by atoms with Crippen LogP contribution < -0.4 is 5.56 Å². The molecular formula is C18H18F3N5O3S. The van der Waals surface area contributed by atoms with Crippen molar-refractivity contribution in [1.29, 1.82) is 0 Å². The van der Waals surface area contributed by atoms with Gasteiger partial charge in [-0.05, 0) is 24.4 Å². The number of halogens is 3. The van der Waals surface area contributed by atoms with Gasteiger partial charge in [0.1, 0.15) is 0 Å². The van der Waals surface area contributed by atoms with Crippen molar-refractivity contribution in [2.24, 2.45) is 0 Å². The van der Waals surface area contributed by atoms with Gasteiger partial charge in [0.2, 0.25) is 10.5 Å². The second-order valence-corrected chi connectivity index (χ2v) is 6.82. The monoisotopic (exact) mass is 441 g/mol. The first kappa shape index (κ1) is 21.7. The molecule has 0 fully saturated rings. The Morgan fingerprint density at radius 1 is 1.37 bits per heavy atom. The van der Waals surface area contributed by atoms with Gasteiger partial charge >= 0.3 is 12.1 Å². The van der Waals surface area contributed by atoms with Crippen molar-refractivity contribution >= 4 is 34.9 Å². The molecule has 1 aromatic carbocycles. The maximum Gasteiger partial charge on any atom is 0.401 e. The van der Waals surface area contributed by atoms with E-state index < -0.39 is 31.9 Å². The molecular weight excluding hydrogens is 423 g/mol. The molecule has 0 bridgehead atoms. The number of aromatic nitrogens is 4. The van der Waals surface area contributed by atoms with Crippen LogP contribution in [0.1, 0.15) is 0 Å². The van der Waals surface area contributed by atoms with Gasteiger partial charge in [0.15, 0.2) is 0 Å². The fourth-order valence-corrected chi connectivity index (χ4v) is 3.38. The van der Waals surface area contributed by atoms with Crippen LogP contribution in [-0.2, 0) is 22.7 Å². The maximum atomic E-state index is 13.0. The van der Waals surface area contributed by atoms with Crippen LogP contribution in [0.3, 0.4) is 0 Å². The average molecular weight is 441 g/mol. The number of hydrogen-bond donors (Lipinski definition) is 0. The molecule has 0 radical (unpaired) electrons. The number of carbonyl (C=O) groups is 1. The molecule has 0 aliphatic heterocycles. The number of rotatable bonds is 7. The smallest absolute Gasteiger partial charge is 0.401 e. The minimum Gasteiger partial charge on any atom is -0.468 e. The number of para-hydroxylation sites is 1. The number of hydrogen-bond acceptors (Lipinski definition) is 6. The summed E-state index contributed by atoms with van der Waals surface area (Å²) in [5.41, 5.74) is 0.149. The van der Waals surface area contributed by atoms with E-state index in [4.69, 9.17) is 12.2 Å². The summed E-state index contributed by atoms with van der Waals surface area (Å²) >= 11 is 5.44. The van der Waals surface area contributed by atoms with Gasteiger partial charge < -0.3 is 4.74 Å². The summed E-state index contributed by atoms with van der Waals surface area (Å²) in [6.45, 7) is 1.37. The summed E-state index contributed by atoms with van der Waals surface area (Å²) in [6, 6.07) is 6.71. The third-order valence-corrected chi connectivity index (χ3v) is 4.71. The minimum atomic E-state index is -4.55. The Bertz CT molecular complexity index is 1230. The number of fused-ring (bicyclic) bond motifs is 3. The Balaban J connectivity index is 2.18. The third-order valence-electron chi connectivity index (χ3n) is 4.31. The molecule has 2 aromatic heterocycles. The highest BCUT2D eigenvalue weighted by Gasteiger charge is 2.32. The quantitative estimate of drug-likeness (QED) is 0.318. The highest BCUT2D eigenvalue weighted by molar-refractivity contribution is 7.71. The van der Waals surface area contributed by atoms with E-state index in [9.17, 15) is 22.8 Å². The van der Waals surface area contributed by atoms with E-state index in [0.717, 1.165) is 16.7 Å². The van der Waals surface area contributed by atoms with Gasteiger partial charge in [0, 0.05) is 6.54 Å². The Kier molecular flexibility index (Phi) is 6.08. The average Bonchev–Trinajstić information content (AvgIpc) is 3.00. The van der Waals surface area contributed by atoms with Crippen molar-refractivity contribution < 1.29 is 22.7 Å². The topological polar surface area (TPSA) is 73.8 Å². The fraction of sp³-hybridized carbons (Fsp3) is 0.333. The second-order valence-electron chi connectivity index (χ2n) is 6.46. The number of esters is 1. The van der Waals surface area contributed by atoms with Crippen LogP contribution in [0.5, 0.6) is 0 Å². The largest absolute Gasteiger partial charge is 0.468 e. The number of alkyl halides is 3. The highest BCUT2D eigenvalue weighted by Crippen LogP contribution is 2.18. The number of carbonyl (C=O) groups excluding carboxylic acids is 1. The zero-order valence-corrected chi connectivity index (χ0v) is 16.7. The molecule has 0 amide bonds. The van der Waals surface area contributed by atoms with Crippen LogP contribution in [0, 0.1) is 4.77 Å². The molecule has 30 heavy (non-hydrogen) atoms. The lowest BCUT2D eigenvalue weighted by Crippen LogP contribution is -2.39. The van der Waals surface area contributed by atoms with Crippen molar-refractivity contribution in [3.05, 3.63) is 52.0 Å². The maximum absolute atomic E-state index is 13.0. The number of nitrogens with zero attached hydrogens (tertiary/aromatic N) is 5. The number of ether oxygens (including phenoxy) is 1. The molecule has 0 atom stereocenters. The predicted molar refractivity (Wildman–Crippen MR) is 106 cm³/mol.